The second kappa shape index (κ2) is 8.45. The first-order valence-electron chi connectivity index (χ1n) is 7.44. The number of nitrogens with one attached hydrogen (secondary N) is 2. The SMILES string of the molecule is CC(C)(C)CC(=O)NCCNC(=O)CCc1ccccc1. The Hall–Kier alpha value is -1.84. The molecule has 0 saturated heterocycles. The Morgan fingerprint density at radius 3 is 2.10 bits per heavy atom. The van der Waals surface area contributed by atoms with Crippen LogP contribution in [0.2, 0.25) is 0 Å². The topological polar surface area (TPSA) is 58.2 Å². The fourth-order valence-corrected chi connectivity index (χ4v) is 1.94. The molecule has 4 nitrogen and oxygen atoms in total. The Balaban J connectivity index is 2.10. The molecule has 0 aliphatic heterocycles. The lowest BCUT2D eigenvalue weighted by molar-refractivity contribution is -0.124. The van der Waals surface area contributed by atoms with Crippen LogP contribution in [0.5, 0.6) is 0 Å². The Bertz CT molecular complexity index is 450. The summed E-state index contributed by atoms with van der Waals surface area (Å²) >= 11 is 0. The van der Waals surface area contributed by atoms with Crippen LogP contribution in [-0.2, 0) is 16.0 Å². The van der Waals surface area contributed by atoms with Gasteiger partial charge in [-0.15, -0.1) is 0 Å². The zero-order chi connectivity index (χ0) is 15.7. The second-order valence-corrected chi connectivity index (χ2v) is 6.42. The van der Waals surface area contributed by atoms with Gasteiger partial charge in [0.1, 0.15) is 0 Å². The van der Waals surface area contributed by atoms with E-state index in [2.05, 4.69) is 10.6 Å². The molecular weight excluding hydrogens is 264 g/mol. The lowest BCUT2D eigenvalue weighted by Crippen LogP contribution is -2.36. The zero-order valence-electron chi connectivity index (χ0n) is 13.2. The number of carbonyl (C=O) groups excluding carboxylic acids is 2. The highest BCUT2D eigenvalue weighted by Crippen LogP contribution is 2.17. The first-order valence-corrected chi connectivity index (χ1v) is 7.44. The highest BCUT2D eigenvalue weighted by atomic mass is 16.2. The second-order valence-electron chi connectivity index (χ2n) is 6.42. The molecule has 0 atom stereocenters. The molecule has 0 radical (unpaired) electrons. The largest absolute Gasteiger partial charge is 0.354 e. The van der Waals surface area contributed by atoms with Crippen molar-refractivity contribution in [3.8, 4) is 0 Å². The zero-order valence-corrected chi connectivity index (χ0v) is 13.2. The third kappa shape index (κ3) is 8.84. The van der Waals surface area contributed by atoms with Gasteiger partial charge >= 0.3 is 0 Å². The number of carbonyl (C=O) groups is 2. The molecule has 0 aliphatic rings. The number of rotatable bonds is 7. The minimum atomic E-state index is -0.0109. The fourth-order valence-electron chi connectivity index (χ4n) is 1.94. The van der Waals surface area contributed by atoms with Gasteiger partial charge in [-0.05, 0) is 17.4 Å². The van der Waals surface area contributed by atoms with E-state index in [1.165, 1.54) is 0 Å². The molecule has 2 N–H and O–H groups in total. The van der Waals surface area contributed by atoms with E-state index >= 15 is 0 Å². The lowest BCUT2D eigenvalue weighted by Gasteiger charge is -2.17. The Morgan fingerprint density at radius 2 is 1.52 bits per heavy atom. The fraction of sp³-hybridized carbons (Fsp3) is 0.529. The standard InChI is InChI=1S/C17H26N2O2/c1-17(2,3)13-16(21)19-12-11-18-15(20)10-9-14-7-5-4-6-8-14/h4-8H,9-13H2,1-3H3,(H,18,20)(H,19,21). The highest BCUT2D eigenvalue weighted by molar-refractivity contribution is 5.77. The Labute approximate surface area is 127 Å². The lowest BCUT2D eigenvalue weighted by atomic mass is 9.92. The average Bonchev–Trinajstić information content (AvgIpc) is 2.40. The van der Waals surface area contributed by atoms with Crippen LogP contribution in [-0.4, -0.2) is 24.9 Å². The molecule has 1 aromatic rings. The smallest absolute Gasteiger partial charge is 0.220 e. The van der Waals surface area contributed by atoms with Gasteiger partial charge in [-0.1, -0.05) is 51.1 Å². The van der Waals surface area contributed by atoms with Gasteiger partial charge in [-0.25, -0.2) is 0 Å². The van der Waals surface area contributed by atoms with Crippen molar-refractivity contribution < 1.29 is 9.59 Å². The van der Waals surface area contributed by atoms with Crippen LogP contribution in [0.3, 0.4) is 0 Å². The van der Waals surface area contributed by atoms with Gasteiger partial charge in [0.15, 0.2) is 0 Å². The quantitative estimate of drug-likeness (QED) is 0.757. The van der Waals surface area contributed by atoms with Crippen LogP contribution >= 0.6 is 0 Å². The van der Waals surface area contributed by atoms with Crippen molar-refractivity contribution in [2.75, 3.05) is 13.1 Å². The van der Waals surface area contributed by atoms with Crippen molar-refractivity contribution in [2.24, 2.45) is 5.41 Å². The van der Waals surface area contributed by atoms with E-state index in [-0.39, 0.29) is 17.2 Å². The Morgan fingerprint density at radius 1 is 0.952 bits per heavy atom. The molecule has 0 heterocycles. The van der Waals surface area contributed by atoms with Crippen LogP contribution in [0, 0.1) is 5.41 Å². The van der Waals surface area contributed by atoms with Crippen LogP contribution in [0.4, 0.5) is 0 Å². The van der Waals surface area contributed by atoms with Gasteiger partial charge in [0.05, 0.1) is 0 Å². The maximum Gasteiger partial charge on any atom is 0.220 e. The molecule has 0 unspecified atom stereocenters. The van der Waals surface area contributed by atoms with Crippen molar-refractivity contribution in [3.05, 3.63) is 35.9 Å². The summed E-state index contributed by atoms with van der Waals surface area (Å²) in [6.45, 7) is 7.03. The average molecular weight is 290 g/mol. The van der Waals surface area contributed by atoms with Crippen LogP contribution < -0.4 is 10.6 Å². The normalized spacial score (nSPS) is 11.0. The molecule has 0 bridgehead atoms. The predicted octanol–water partition coefficient (Wildman–Crippen LogP) is 2.29. The molecule has 0 saturated carbocycles. The Kier molecular flexibility index (Phi) is 6.92. The number of hydrogen-bond donors (Lipinski definition) is 2. The molecule has 0 aliphatic carbocycles. The van der Waals surface area contributed by atoms with Gasteiger partial charge in [-0.3, -0.25) is 9.59 Å². The summed E-state index contributed by atoms with van der Waals surface area (Å²) in [5.74, 6) is 0.0463. The molecule has 2 amide bonds. The van der Waals surface area contributed by atoms with E-state index in [4.69, 9.17) is 0 Å². The monoisotopic (exact) mass is 290 g/mol. The van der Waals surface area contributed by atoms with Gasteiger partial charge in [0.2, 0.25) is 11.8 Å². The molecule has 1 rings (SSSR count). The maximum absolute atomic E-state index is 11.7. The van der Waals surface area contributed by atoms with E-state index in [1.807, 2.05) is 51.1 Å². The van der Waals surface area contributed by atoms with E-state index in [0.29, 0.717) is 25.9 Å². The van der Waals surface area contributed by atoms with Crippen molar-refractivity contribution in [3.63, 3.8) is 0 Å². The van der Waals surface area contributed by atoms with E-state index in [9.17, 15) is 9.59 Å². The van der Waals surface area contributed by atoms with Gasteiger partial charge in [0.25, 0.3) is 0 Å². The summed E-state index contributed by atoms with van der Waals surface area (Å²) in [6.07, 6.45) is 1.71. The summed E-state index contributed by atoms with van der Waals surface area (Å²) in [7, 11) is 0. The van der Waals surface area contributed by atoms with Gasteiger partial charge in [-0.2, -0.15) is 0 Å². The van der Waals surface area contributed by atoms with Gasteiger partial charge < -0.3 is 10.6 Å². The molecule has 4 heteroatoms. The summed E-state index contributed by atoms with van der Waals surface area (Å²) in [5.41, 5.74) is 1.15. The van der Waals surface area contributed by atoms with Crippen LogP contribution in [0.1, 0.15) is 39.2 Å². The van der Waals surface area contributed by atoms with E-state index < -0.39 is 0 Å². The molecule has 21 heavy (non-hydrogen) atoms. The number of hydrogen-bond acceptors (Lipinski definition) is 2. The molecule has 0 aromatic heterocycles. The molecule has 1 aromatic carbocycles. The molecule has 0 spiro atoms. The third-order valence-electron chi connectivity index (χ3n) is 2.94. The number of benzene rings is 1. The van der Waals surface area contributed by atoms with Crippen molar-refractivity contribution >= 4 is 11.8 Å². The first-order chi connectivity index (χ1) is 9.87. The number of amides is 2. The summed E-state index contributed by atoms with van der Waals surface area (Å²) < 4.78 is 0. The molecule has 0 fully saturated rings. The molecule has 116 valence electrons. The van der Waals surface area contributed by atoms with E-state index in [0.717, 1.165) is 12.0 Å². The summed E-state index contributed by atoms with van der Waals surface area (Å²) in [6, 6.07) is 9.93. The third-order valence-corrected chi connectivity index (χ3v) is 2.94. The van der Waals surface area contributed by atoms with Gasteiger partial charge in [0, 0.05) is 25.9 Å². The number of aryl methyl sites for hydroxylation is 1. The van der Waals surface area contributed by atoms with Crippen molar-refractivity contribution in [2.45, 2.75) is 40.0 Å². The highest BCUT2D eigenvalue weighted by Gasteiger charge is 2.15. The van der Waals surface area contributed by atoms with E-state index in [1.54, 1.807) is 0 Å². The van der Waals surface area contributed by atoms with Crippen LogP contribution in [0.15, 0.2) is 30.3 Å². The van der Waals surface area contributed by atoms with Crippen LogP contribution in [0.25, 0.3) is 0 Å². The predicted molar refractivity (Wildman–Crippen MR) is 84.9 cm³/mol. The first kappa shape index (κ1) is 17.2. The van der Waals surface area contributed by atoms with Crippen molar-refractivity contribution in [1.82, 2.24) is 10.6 Å². The minimum Gasteiger partial charge on any atom is -0.354 e. The van der Waals surface area contributed by atoms with Crippen molar-refractivity contribution in [1.29, 1.82) is 0 Å². The molecular formula is C17H26N2O2. The summed E-state index contributed by atoms with van der Waals surface area (Å²) in [5, 5.41) is 5.63. The minimum absolute atomic E-state index is 0.0109. The summed E-state index contributed by atoms with van der Waals surface area (Å²) in [4.78, 5) is 23.3. The maximum atomic E-state index is 11.7.